The fourth-order valence-electron chi connectivity index (χ4n) is 2.24. The molecule has 10 heteroatoms. The minimum absolute atomic E-state index is 0.0822. The molecule has 1 aliphatic rings. The number of amides is 2. The smallest absolute Gasteiger partial charge is 0.270 e. The van der Waals surface area contributed by atoms with Crippen molar-refractivity contribution in [1.82, 2.24) is 10.7 Å². The van der Waals surface area contributed by atoms with Crippen molar-refractivity contribution in [1.29, 1.82) is 0 Å². The van der Waals surface area contributed by atoms with Crippen molar-refractivity contribution >= 4 is 23.7 Å². The molecule has 2 amide bonds. The average Bonchev–Trinajstić information content (AvgIpc) is 3.14. The summed E-state index contributed by atoms with van der Waals surface area (Å²) >= 11 is 0. The molecule has 27 heavy (non-hydrogen) atoms. The summed E-state index contributed by atoms with van der Waals surface area (Å²) in [7, 11) is 0. The highest BCUT2D eigenvalue weighted by Crippen LogP contribution is 2.32. The molecule has 138 valence electrons. The Labute approximate surface area is 152 Å². The largest absolute Gasteiger partial charge is 0.454 e. The third kappa shape index (κ3) is 4.57. The molecule has 0 unspecified atom stereocenters. The second-order valence-corrected chi connectivity index (χ2v) is 5.40. The maximum absolute atomic E-state index is 12.1. The van der Waals surface area contributed by atoms with Crippen LogP contribution in [0.2, 0.25) is 0 Å². The van der Waals surface area contributed by atoms with E-state index in [-0.39, 0.29) is 19.0 Å². The van der Waals surface area contributed by atoms with Gasteiger partial charge in [0.1, 0.15) is 0 Å². The molecule has 0 saturated heterocycles. The monoisotopic (exact) mass is 370 g/mol. The molecule has 2 aromatic rings. The Bertz CT molecular complexity index is 927. The van der Waals surface area contributed by atoms with E-state index >= 15 is 0 Å². The summed E-state index contributed by atoms with van der Waals surface area (Å²) in [6.45, 7) is -0.190. The highest BCUT2D eigenvalue weighted by molar-refractivity contribution is 5.97. The number of carbonyl (C=O) groups excluding carboxylic acids is 2. The van der Waals surface area contributed by atoms with E-state index in [9.17, 15) is 19.7 Å². The first-order chi connectivity index (χ1) is 13.0. The molecule has 0 fully saturated rings. The Balaban J connectivity index is 1.49. The molecular formula is C17H14N4O6. The standard InChI is InChI=1S/C17H14N4O6/c22-16(20-19-8-11-2-1-3-13(6-11)21(24)25)9-18-17(23)12-4-5-14-15(7-12)27-10-26-14/h1-8H,9-10H2,(H,18,23)(H,20,22)/b19-8-. The summed E-state index contributed by atoms with van der Waals surface area (Å²) in [5.74, 6) is 0.0188. The molecule has 0 aromatic heterocycles. The molecule has 0 saturated carbocycles. The first-order valence-electron chi connectivity index (χ1n) is 7.77. The highest BCUT2D eigenvalue weighted by atomic mass is 16.7. The second-order valence-electron chi connectivity index (χ2n) is 5.40. The molecule has 3 rings (SSSR count). The Hall–Kier alpha value is -3.95. The van der Waals surface area contributed by atoms with E-state index in [1.165, 1.54) is 30.5 Å². The van der Waals surface area contributed by atoms with Crippen LogP contribution in [0.3, 0.4) is 0 Å². The fourth-order valence-corrected chi connectivity index (χ4v) is 2.24. The molecule has 0 bridgehead atoms. The number of nitrogens with one attached hydrogen (secondary N) is 2. The number of carbonyl (C=O) groups is 2. The van der Waals surface area contributed by atoms with Gasteiger partial charge in [-0.3, -0.25) is 19.7 Å². The molecule has 2 aromatic carbocycles. The lowest BCUT2D eigenvalue weighted by Crippen LogP contribution is -2.34. The number of fused-ring (bicyclic) bond motifs is 1. The lowest BCUT2D eigenvalue weighted by atomic mass is 10.2. The van der Waals surface area contributed by atoms with Crippen LogP contribution in [0.4, 0.5) is 5.69 Å². The Morgan fingerprint density at radius 2 is 2.00 bits per heavy atom. The predicted molar refractivity (Wildman–Crippen MR) is 93.7 cm³/mol. The Kier molecular flexibility index (Phi) is 5.26. The molecule has 1 heterocycles. The maximum Gasteiger partial charge on any atom is 0.270 e. The number of nitro groups is 1. The molecule has 0 aliphatic carbocycles. The van der Waals surface area contributed by atoms with Gasteiger partial charge >= 0.3 is 0 Å². The average molecular weight is 370 g/mol. The van der Waals surface area contributed by atoms with Gasteiger partial charge in [0.15, 0.2) is 11.5 Å². The number of hydrogen-bond acceptors (Lipinski definition) is 7. The van der Waals surface area contributed by atoms with Crippen LogP contribution in [0.1, 0.15) is 15.9 Å². The fraction of sp³-hybridized carbons (Fsp3) is 0.118. The van der Waals surface area contributed by atoms with Crippen molar-refractivity contribution in [2.24, 2.45) is 5.10 Å². The van der Waals surface area contributed by atoms with Gasteiger partial charge in [-0.05, 0) is 18.2 Å². The number of benzene rings is 2. The number of nitrogens with zero attached hydrogens (tertiary/aromatic N) is 2. The van der Waals surface area contributed by atoms with Gasteiger partial charge in [-0.1, -0.05) is 12.1 Å². The van der Waals surface area contributed by atoms with E-state index < -0.39 is 16.7 Å². The third-order valence-corrected chi connectivity index (χ3v) is 3.53. The number of nitro benzene ring substituents is 1. The minimum Gasteiger partial charge on any atom is -0.454 e. The maximum atomic E-state index is 12.1. The molecular weight excluding hydrogens is 356 g/mol. The zero-order valence-corrected chi connectivity index (χ0v) is 13.9. The van der Waals surface area contributed by atoms with Crippen LogP contribution < -0.4 is 20.2 Å². The second kappa shape index (κ2) is 7.95. The minimum atomic E-state index is -0.550. The topological polar surface area (TPSA) is 132 Å². The van der Waals surface area contributed by atoms with Crippen LogP contribution in [-0.4, -0.2) is 36.3 Å². The van der Waals surface area contributed by atoms with Gasteiger partial charge < -0.3 is 14.8 Å². The normalized spacial score (nSPS) is 12.0. The molecule has 2 N–H and O–H groups in total. The summed E-state index contributed by atoms with van der Waals surface area (Å²) in [4.78, 5) is 34.0. The number of non-ortho nitro benzene ring substituents is 1. The number of hydrazone groups is 1. The van der Waals surface area contributed by atoms with Gasteiger partial charge in [-0.25, -0.2) is 5.43 Å². The number of ether oxygens (including phenoxy) is 2. The van der Waals surface area contributed by atoms with E-state index in [0.29, 0.717) is 22.6 Å². The zero-order valence-electron chi connectivity index (χ0n) is 13.9. The van der Waals surface area contributed by atoms with Gasteiger partial charge in [0.05, 0.1) is 17.7 Å². The van der Waals surface area contributed by atoms with Crippen LogP contribution in [0.15, 0.2) is 47.6 Å². The van der Waals surface area contributed by atoms with Crippen molar-refractivity contribution in [2.45, 2.75) is 0 Å². The molecule has 1 aliphatic heterocycles. The third-order valence-electron chi connectivity index (χ3n) is 3.53. The molecule has 0 spiro atoms. The Morgan fingerprint density at radius 3 is 2.81 bits per heavy atom. The molecule has 0 radical (unpaired) electrons. The van der Waals surface area contributed by atoms with Crippen molar-refractivity contribution in [2.75, 3.05) is 13.3 Å². The summed E-state index contributed by atoms with van der Waals surface area (Å²) in [6.07, 6.45) is 1.27. The van der Waals surface area contributed by atoms with Crippen LogP contribution >= 0.6 is 0 Å². The Morgan fingerprint density at radius 1 is 1.19 bits per heavy atom. The van der Waals surface area contributed by atoms with Crippen molar-refractivity contribution < 1.29 is 24.0 Å². The van der Waals surface area contributed by atoms with Gasteiger partial charge in [0.25, 0.3) is 17.5 Å². The lowest BCUT2D eigenvalue weighted by molar-refractivity contribution is -0.384. The molecule has 0 atom stereocenters. The van der Waals surface area contributed by atoms with Crippen LogP contribution in [-0.2, 0) is 4.79 Å². The van der Waals surface area contributed by atoms with Gasteiger partial charge in [-0.2, -0.15) is 5.10 Å². The first kappa shape index (κ1) is 17.9. The van der Waals surface area contributed by atoms with Gasteiger partial charge in [-0.15, -0.1) is 0 Å². The summed E-state index contributed by atoms with van der Waals surface area (Å²) in [5.41, 5.74) is 2.93. The molecule has 10 nitrogen and oxygen atoms in total. The van der Waals surface area contributed by atoms with Gasteiger partial charge in [0, 0.05) is 23.3 Å². The predicted octanol–water partition coefficient (Wildman–Crippen LogP) is 1.20. The number of rotatable bonds is 6. The van der Waals surface area contributed by atoms with Gasteiger partial charge in [0.2, 0.25) is 6.79 Å². The van der Waals surface area contributed by atoms with Crippen LogP contribution in [0.25, 0.3) is 0 Å². The first-order valence-corrected chi connectivity index (χ1v) is 7.77. The van der Waals surface area contributed by atoms with E-state index in [1.54, 1.807) is 18.2 Å². The quantitative estimate of drug-likeness (QED) is 0.446. The zero-order chi connectivity index (χ0) is 19.2. The number of hydrogen-bond donors (Lipinski definition) is 2. The summed E-state index contributed by atoms with van der Waals surface area (Å²) in [6, 6.07) is 10.5. The lowest BCUT2D eigenvalue weighted by Gasteiger charge is -2.05. The van der Waals surface area contributed by atoms with E-state index in [4.69, 9.17) is 9.47 Å². The van der Waals surface area contributed by atoms with E-state index in [1.807, 2.05) is 0 Å². The SMILES string of the molecule is O=C(CNC(=O)c1ccc2c(c1)OCO2)N/N=C\c1cccc([N+](=O)[O-])c1. The van der Waals surface area contributed by atoms with Crippen molar-refractivity contribution in [3.63, 3.8) is 0 Å². The van der Waals surface area contributed by atoms with E-state index in [0.717, 1.165) is 0 Å². The summed E-state index contributed by atoms with van der Waals surface area (Å²) < 4.78 is 10.4. The van der Waals surface area contributed by atoms with Crippen LogP contribution in [0.5, 0.6) is 11.5 Å². The van der Waals surface area contributed by atoms with Crippen molar-refractivity contribution in [3.05, 3.63) is 63.7 Å². The van der Waals surface area contributed by atoms with Crippen molar-refractivity contribution in [3.8, 4) is 11.5 Å². The highest BCUT2D eigenvalue weighted by Gasteiger charge is 2.16. The summed E-state index contributed by atoms with van der Waals surface area (Å²) in [5, 5.41) is 16.9. The van der Waals surface area contributed by atoms with Crippen LogP contribution in [0, 0.1) is 10.1 Å². The van der Waals surface area contributed by atoms with E-state index in [2.05, 4.69) is 15.8 Å².